The fourth-order valence-corrected chi connectivity index (χ4v) is 2.81. The lowest BCUT2D eigenvalue weighted by Crippen LogP contribution is -2.57. The van der Waals surface area contributed by atoms with E-state index in [2.05, 4.69) is 20.9 Å². The summed E-state index contributed by atoms with van der Waals surface area (Å²) in [5, 5.41) is 26.0. The molecule has 1 aromatic rings. The highest BCUT2D eigenvalue weighted by Gasteiger charge is 2.29. The summed E-state index contributed by atoms with van der Waals surface area (Å²) in [5.41, 5.74) is 16.4. The maximum atomic E-state index is 12.9. The molecule has 0 aromatic heterocycles. The van der Waals surface area contributed by atoms with E-state index in [-0.39, 0.29) is 25.3 Å². The summed E-state index contributed by atoms with van der Waals surface area (Å²) in [7, 11) is 0. The molecule has 0 aliphatic heterocycles. The van der Waals surface area contributed by atoms with Gasteiger partial charge in [0.2, 0.25) is 17.7 Å². The molecule has 11 N–H and O–H groups in total. The molecule has 0 spiro atoms. The van der Waals surface area contributed by atoms with Crippen LogP contribution in [0.15, 0.2) is 35.3 Å². The number of hydrogen-bond acceptors (Lipinski definition) is 7. The smallest absolute Gasteiger partial charge is 0.326 e. The van der Waals surface area contributed by atoms with Crippen molar-refractivity contribution in [1.82, 2.24) is 16.0 Å². The van der Waals surface area contributed by atoms with Crippen LogP contribution in [0.2, 0.25) is 0 Å². The molecular weight excluding hydrogens is 434 g/mol. The first kappa shape index (κ1) is 27.3. The van der Waals surface area contributed by atoms with Crippen molar-refractivity contribution < 1.29 is 29.4 Å². The Morgan fingerprint density at radius 1 is 0.939 bits per heavy atom. The summed E-state index contributed by atoms with van der Waals surface area (Å²) in [4.78, 5) is 52.3. The number of aliphatic hydroxyl groups is 1. The van der Waals surface area contributed by atoms with Gasteiger partial charge in [-0.2, -0.15) is 0 Å². The highest BCUT2D eigenvalue weighted by atomic mass is 16.4. The lowest BCUT2D eigenvalue weighted by atomic mass is 10.0. The molecule has 182 valence electrons. The summed E-state index contributed by atoms with van der Waals surface area (Å²) in [6, 6.07) is 4.98. The number of guanidine groups is 1. The Labute approximate surface area is 190 Å². The quantitative estimate of drug-likeness (QED) is 0.0782. The molecular formula is C20H31N7O6. The minimum atomic E-state index is -1.33. The second kappa shape index (κ2) is 14.4. The van der Waals surface area contributed by atoms with Crippen LogP contribution in [0.1, 0.15) is 18.4 Å². The molecule has 33 heavy (non-hydrogen) atoms. The van der Waals surface area contributed by atoms with Crippen molar-refractivity contribution in [2.75, 3.05) is 19.7 Å². The van der Waals surface area contributed by atoms with Crippen LogP contribution in [-0.4, -0.2) is 77.7 Å². The number of aliphatic imine (C=N–C) groups is 1. The molecule has 1 aromatic carbocycles. The Morgan fingerprint density at radius 2 is 1.55 bits per heavy atom. The molecule has 13 nitrogen and oxygen atoms in total. The Hall–Kier alpha value is -3.71. The minimum absolute atomic E-state index is 0.0434. The molecule has 0 heterocycles. The van der Waals surface area contributed by atoms with E-state index in [1.807, 2.05) is 0 Å². The topological polar surface area (TPSA) is 235 Å². The van der Waals surface area contributed by atoms with Crippen LogP contribution in [0.5, 0.6) is 0 Å². The minimum Gasteiger partial charge on any atom is -0.480 e. The van der Waals surface area contributed by atoms with Gasteiger partial charge in [-0.05, 0) is 18.4 Å². The van der Waals surface area contributed by atoms with Gasteiger partial charge in [0.1, 0.15) is 18.1 Å². The van der Waals surface area contributed by atoms with Gasteiger partial charge < -0.3 is 43.4 Å². The summed E-state index contributed by atoms with van der Waals surface area (Å²) >= 11 is 0. The number of hydrogen-bond donors (Lipinski definition) is 8. The fourth-order valence-electron chi connectivity index (χ4n) is 2.81. The van der Waals surface area contributed by atoms with Gasteiger partial charge in [-0.3, -0.25) is 19.4 Å². The van der Waals surface area contributed by atoms with E-state index in [1.165, 1.54) is 0 Å². The average molecular weight is 466 g/mol. The molecule has 3 unspecified atom stereocenters. The third-order valence-corrected chi connectivity index (χ3v) is 4.50. The maximum Gasteiger partial charge on any atom is 0.326 e. The van der Waals surface area contributed by atoms with Crippen molar-refractivity contribution in [2.45, 2.75) is 37.4 Å². The van der Waals surface area contributed by atoms with Crippen molar-refractivity contribution in [3.05, 3.63) is 35.9 Å². The zero-order valence-corrected chi connectivity index (χ0v) is 18.1. The number of carbonyl (C=O) groups is 4. The van der Waals surface area contributed by atoms with Gasteiger partial charge in [0.25, 0.3) is 0 Å². The number of rotatable bonds is 14. The van der Waals surface area contributed by atoms with E-state index in [9.17, 15) is 29.4 Å². The van der Waals surface area contributed by atoms with E-state index in [1.54, 1.807) is 30.3 Å². The van der Waals surface area contributed by atoms with Gasteiger partial charge in [-0.15, -0.1) is 0 Å². The van der Waals surface area contributed by atoms with Gasteiger partial charge >= 0.3 is 5.97 Å². The van der Waals surface area contributed by atoms with Crippen LogP contribution in [0.4, 0.5) is 0 Å². The van der Waals surface area contributed by atoms with Crippen LogP contribution >= 0.6 is 0 Å². The number of aliphatic carboxylic acids is 1. The molecule has 0 saturated carbocycles. The van der Waals surface area contributed by atoms with Crippen molar-refractivity contribution in [3.8, 4) is 0 Å². The van der Waals surface area contributed by atoms with Gasteiger partial charge in [0, 0.05) is 13.0 Å². The van der Waals surface area contributed by atoms with Gasteiger partial charge in [0.05, 0.1) is 13.2 Å². The summed E-state index contributed by atoms with van der Waals surface area (Å²) in [6.45, 7) is -0.928. The van der Waals surface area contributed by atoms with Gasteiger partial charge in [-0.1, -0.05) is 30.3 Å². The number of benzene rings is 1. The molecule has 3 atom stereocenters. The number of nitrogens with two attached hydrogens (primary N) is 3. The zero-order chi connectivity index (χ0) is 24.8. The van der Waals surface area contributed by atoms with Crippen molar-refractivity contribution in [1.29, 1.82) is 0 Å². The molecule has 0 fully saturated rings. The van der Waals surface area contributed by atoms with Crippen LogP contribution in [0, 0.1) is 0 Å². The Balaban J connectivity index is 2.95. The number of nitrogens with one attached hydrogen (secondary N) is 3. The maximum absolute atomic E-state index is 12.9. The van der Waals surface area contributed by atoms with E-state index in [4.69, 9.17) is 17.2 Å². The number of aliphatic hydroxyl groups excluding tert-OH is 1. The molecule has 3 amide bonds. The number of carboxylic acids is 1. The molecule has 0 aliphatic rings. The molecule has 0 bridgehead atoms. The molecule has 0 radical (unpaired) electrons. The van der Waals surface area contributed by atoms with Crippen LogP contribution in [-0.2, 0) is 25.6 Å². The van der Waals surface area contributed by atoms with Crippen LogP contribution in [0.3, 0.4) is 0 Å². The van der Waals surface area contributed by atoms with Crippen molar-refractivity contribution >= 4 is 29.7 Å². The highest BCUT2D eigenvalue weighted by Crippen LogP contribution is 2.06. The van der Waals surface area contributed by atoms with Crippen LogP contribution < -0.4 is 33.2 Å². The Morgan fingerprint density at radius 3 is 2.09 bits per heavy atom. The molecule has 13 heteroatoms. The fraction of sp³-hybridized carbons (Fsp3) is 0.450. The number of amides is 3. The first-order valence-corrected chi connectivity index (χ1v) is 10.2. The van der Waals surface area contributed by atoms with Gasteiger partial charge in [-0.25, -0.2) is 4.79 Å². The standard InChI is InChI=1S/C20H31N7O6/c21-10-16(29)25-15(11-28)18(31)27-14(9-12-5-2-1-3-6-12)17(30)26-13(19(32)33)7-4-8-24-20(22)23/h1-3,5-6,13-15,28H,4,7-11,21H2,(H,25,29)(H,26,30)(H,27,31)(H,32,33)(H4,22,23,24). The molecule has 0 aliphatic carbocycles. The second-order valence-electron chi connectivity index (χ2n) is 7.11. The van der Waals surface area contributed by atoms with Crippen molar-refractivity contribution in [2.24, 2.45) is 22.2 Å². The first-order valence-electron chi connectivity index (χ1n) is 10.2. The Bertz CT molecular complexity index is 829. The molecule has 1 rings (SSSR count). The van der Waals surface area contributed by atoms with E-state index in [0.29, 0.717) is 12.0 Å². The summed E-state index contributed by atoms with van der Waals surface area (Å²) in [5.74, 6) is -3.63. The lowest BCUT2D eigenvalue weighted by molar-refractivity contribution is -0.142. The van der Waals surface area contributed by atoms with E-state index >= 15 is 0 Å². The number of carboxylic acid groups (broad SMARTS) is 1. The zero-order valence-electron chi connectivity index (χ0n) is 18.1. The SMILES string of the molecule is NCC(=O)NC(CO)C(=O)NC(Cc1ccccc1)C(=O)NC(CCCN=C(N)N)C(=O)O. The van der Waals surface area contributed by atoms with E-state index < -0.39 is 55.0 Å². The first-order chi connectivity index (χ1) is 15.7. The predicted octanol–water partition coefficient (Wildman–Crippen LogP) is -3.23. The van der Waals surface area contributed by atoms with E-state index in [0.717, 1.165) is 0 Å². The average Bonchev–Trinajstić information content (AvgIpc) is 2.78. The monoisotopic (exact) mass is 465 g/mol. The van der Waals surface area contributed by atoms with Crippen LogP contribution in [0.25, 0.3) is 0 Å². The third kappa shape index (κ3) is 10.4. The second-order valence-corrected chi connectivity index (χ2v) is 7.11. The predicted molar refractivity (Wildman–Crippen MR) is 120 cm³/mol. The summed E-state index contributed by atoms with van der Waals surface area (Å²) in [6.07, 6.45) is 0.389. The van der Waals surface area contributed by atoms with Crippen molar-refractivity contribution in [3.63, 3.8) is 0 Å². The Kier molecular flexibility index (Phi) is 11.9. The lowest BCUT2D eigenvalue weighted by Gasteiger charge is -2.24. The number of carbonyl (C=O) groups excluding carboxylic acids is 3. The largest absolute Gasteiger partial charge is 0.480 e. The normalized spacial score (nSPS) is 13.2. The number of nitrogens with zero attached hydrogens (tertiary/aromatic N) is 1. The van der Waals surface area contributed by atoms with Gasteiger partial charge in [0.15, 0.2) is 5.96 Å². The highest BCUT2D eigenvalue weighted by molar-refractivity contribution is 5.93. The summed E-state index contributed by atoms with van der Waals surface area (Å²) < 4.78 is 0. The molecule has 0 saturated heterocycles. The third-order valence-electron chi connectivity index (χ3n) is 4.50.